The monoisotopic (exact) mass is 320 g/mol. The average Bonchev–Trinajstić information content (AvgIpc) is 2.87. The maximum atomic E-state index is 12.1. The average molecular weight is 320 g/mol. The molecule has 2 rings (SSSR count). The van der Waals surface area contributed by atoms with Crippen LogP contribution >= 0.6 is 0 Å². The maximum absolute atomic E-state index is 12.1. The number of allylic oxidation sites excluding steroid dienone is 1. The summed E-state index contributed by atoms with van der Waals surface area (Å²) in [5.41, 5.74) is 1.39. The number of carbonyl (C=O) groups is 1. The first kappa shape index (κ1) is 17.1. The molecule has 0 bridgehead atoms. The molecule has 0 aliphatic carbocycles. The third-order valence-corrected chi connectivity index (χ3v) is 3.69. The number of esters is 1. The molecule has 1 aliphatic heterocycles. The van der Waals surface area contributed by atoms with Crippen LogP contribution in [0.5, 0.6) is 11.5 Å². The minimum atomic E-state index is -1.55. The quantitative estimate of drug-likeness (QED) is 0.422. The molecule has 1 heterocycles. The van der Waals surface area contributed by atoms with Crippen molar-refractivity contribution in [3.05, 3.63) is 47.1 Å². The van der Waals surface area contributed by atoms with Crippen molar-refractivity contribution in [1.29, 1.82) is 0 Å². The van der Waals surface area contributed by atoms with Crippen molar-refractivity contribution in [2.75, 3.05) is 13.7 Å². The van der Waals surface area contributed by atoms with Crippen LogP contribution in [-0.2, 0) is 20.1 Å². The Kier molecular flexibility index (Phi) is 5.08. The molecule has 124 valence electrons. The number of benzene rings is 1. The van der Waals surface area contributed by atoms with Crippen LogP contribution in [0.3, 0.4) is 0 Å². The highest BCUT2D eigenvalue weighted by molar-refractivity contribution is 5.91. The molecule has 0 saturated heterocycles. The van der Waals surface area contributed by atoms with Crippen LogP contribution in [0.15, 0.2) is 41.5 Å². The zero-order valence-corrected chi connectivity index (χ0v) is 13.1. The van der Waals surface area contributed by atoms with Crippen LogP contribution < -0.4 is 0 Å². The van der Waals surface area contributed by atoms with E-state index in [2.05, 4.69) is 0 Å². The fourth-order valence-corrected chi connectivity index (χ4v) is 2.38. The molecule has 0 amide bonds. The molecule has 6 nitrogen and oxygen atoms in total. The molecule has 3 N–H and O–H groups in total. The Hall–Kier alpha value is -2.31. The molecular formula is C17H20O6. The van der Waals surface area contributed by atoms with E-state index in [0.717, 1.165) is 5.57 Å². The van der Waals surface area contributed by atoms with Gasteiger partial charge < -0.3 is 24.8 Å². The van der Waals surface area contributed by atoms with Gasteiger partial charge in [0.05, 0.1) is 12.2 Å². The molecule has 0 fully saturated rings. The second kappa shape index (κ2) is 6.85. The Labute approximate surface area is 134 Å². The Bertz CT molecular complexity index is 661. The van der Waals surface area contributed by atoms with Crippen molar-refractivity contribution in [1.82, 2.24) is 0 Å². The summed E-state index contributed by atoms with van der Waals surface area (Å²) in [4.78, 5) is 12.1. The summed E-state index contributed by atoms with van der Waals surface area (Å²) < 4.78 is 10.6. The summed E-state index contributed by atoms with van der Waals surface area (Å²) in [6.45, 7) is 1.77. The van der Waals surface area contributed by atoms with Crippen LogP contribution in [-0.4, -0.2) is 35.0 Å². The fourth-order valence-electron chi connectivity index (χ4n) is 2.38. The maximum Gasteiger partial charge on any atom is 0.336 e. The van der Waals surface area contributed by atoms with Crippen LogP contribution in [0.2, 0.25) is 0 Å². The third kappa shape index (κ3) is 3.55. The highest BCUT2D eigenvalue weighted by atomic mass is 16.7. The van der Waals surface area contributed by atoms with Gasteiger partial charge in [-0.3, -0.25) is 0 Å². The minimum absolute atomic E-state index is 0.0251. The largest absolute Gasteiger partial charge is 0.508 e. The minimum Gasteiger partial charge on any atom is -0.508 e. The van der Waals surface area contributed by atoms with Gasteiger partial charge in [0.25, 0.3) is 5.79 Å². The topological polar surface area (TPSA) is 96.2 Å². The molecule has 1 aromatic rings. The first-order chi connectivity index (χ1) is 10.9. The first-order valence-corrected chi connectivity index (χ1v) is 7.21. The second-order valence-corrected chi connectivity index (χ2v) is 5.38. The van der Waals surface area contributed by atoms with E-state index in [4.69, 9.17) is 14.6 Å². The van der Waals surface area contributed by atoms with Crippen LogP contribution in [0.4, 0.5) is 0 Å². The number of aliphatic hydroxyl groups is 1. The van der Waals surface area contributed by atoms with Crippen molar-refractivity contribution in [2.24, 2.45) is 0 Å². The predicted molar refractivity (Wildman–Crippen MR) is 82.7 cm³/mol. The molecule has 0 radical (unpaired) electrons. The molecule has 1 aliphatic rings. The predicted octanol–water partition coefficient (Wildman–Crippen LogP) is 2.10. The first-order valence-electron chi connectivity index (χ1n) is 7.21. The smallest absolute Gasteiger partial charge is 0.336 e. The fraction of sp³-hybridized carbons (Fsp3) is 0.353. The molecule has 1 unspecified atom stereocenters. The number of phenolic OH excluding ortho intramolecular Hbond substituents is 2. The number of hydrogen-bond donors (Lipinski definition) is 3. The molecule has 6 heteroatoms. The van der Waals surface area contributed by atoms with E-state index < -0.39 is 11.8 Å². The van der Waals surface area contributed by atoms with Crippen molar-refractivity contribution in [3.8, 4) is 11.5 Å². The van der Waals surface area contributed by atoms with E-state index in [-0.39, 0.29) is 23.7 Å². The lowest BCUT2D eigenvalue weighted by Crippen LogP contribution is -2.27. The van der Waals surface area contributed by atoms with Crippen molar-refractivity contribution >= 4 is 5.97 Å². The third-order valence-electron chi connectivity index (χ3n) is 3.69. The molecule has 0 spiro atoms. The SMILES string of the molecule is COC1(c2cc(O)ccc2O)C=C(CC/C=C(/C)CO)C(=O)O1. The number of rotatable bonds is 6. The van der Waals surface area contributed by atoms with E-state index in [1.54, 1.807) is 6.92 Å². The molecule has 0 saturated carbocycles. The van der Waals surface area contributed by atoms with E-state index >= 15 is 0 Å². The number of hydrogen-bond acceptors (Lipinski definition) is 6. The summed E-state index contributed by atoms with van der Waals surface area (Å²) in [5.74, 6) is -2.31. The Morgan fingerprint density at radius 1 is 1.39 bits per heavy atom. The summed E-state index contributed by atoms with van der Waals surface area (Å²) in [5, 5.41) is 28.6. The summed E-state index contributed by atoms with van der Waals surface area (Å²) in [7, 11) is 1.35. The number of cyclic esters (lactones) is 1. The molecule has 23 heavy (non-hydrogen) atoms. The number of carbonyl (C=O) groups excluding carboxylic acids is 1. The number of methoxy groups -OCH3 is 1. The Morgan fingerprint density at radius 3 is 2.78 bits per heavy atom. The van der Waals surface area contributed by atoms with Gasteiger partial charge in [-0.2, -0.15) is 0 Å². The van der Waals surface area contributed by atoms with Gasteiger partial charge in [0.1, 0.15) is 11.5 Å². The standard InChI is InChI=1S/C17H20O6/c1-11(10-18)4-3-5-12-9-17(22-2,23-16(12)21)14-8-13(19)6-7-15(14)20/h4,6-9,18-20H,3,5,10H2,1-2H3/b11-4-. The van der Waals surface area contributed by atoms with E-state index in [1.165, 1.54) is 31.4 Å². The normalized spacial score (nSPS) is 21.3. The molecule has 1 aromatic carbocycles. The van der Waals surface area contributed by atoms with Crippen molar-refractivity contribution in [2.45, 2.75) is 25.6 Å². The van der Waals surface area contributed by atoms with Gasteiger partial charge in [-0.25, -0.2) is 4.79 Å². The van der Waals surface area contributed by atoms with E-state index in [9.17, 15) is 15.0 Å². The molecular weight excluding hydrogens is 300 g/mol. The number of aromatic hydroxyl groups is 2. The summed E-state index contributed by atoms with van der Waals surface area (Å²) >= 11 is 0. The zero-order valence-electron chi connectivity index (χ0n) is 13.1. The van der Waals surface area contributed by atoms with Gasteiger partial charge >= 0.3 is 5.97 Å². The van der Waals surface area contributed by atoms with Gasteiger partial charge in [0.15, 0.2) is 0 Å². The summed E-state index contributed by atoms with van der Waals surface area (Å²) in [6, 6.07) is 3.92. The van der Waals surface area contributed by atoms with Crippen molar-refractivity contribution < 1.29 is 29.6 Å². The summed E-state index contributed by atoms with van der Waals surface area (Å²) in [6.07, 6.45) is 4.33. The zero-order chi connectivity index (χ0) is 17.0. The molecule has 0 aromatic heterocycles. The Morgan fingerprint density at radius 2 is 2.13 bits per heavy atom. The van der Waals surface area contributed by atoms with Gasteiger partial charge in [-0.15, -0.1) is 0 Å². The highest BCUT2D eigenvalue weighted by Gasteiger charge is 2.43. The molecule has 1 atom stereocenters. The van der Waals surface area contributed by atoms with Gasteiger partial charge in [-0.05, 0) is 38.0 Å². The van der Waals surface area contributed by atoms with Crippen molar-refractivity contribution in [3.63, 3.8) is 0 Å². The van der Waals surface area contributed by atoms with E-state index in [0.29, 0.717) is 18.4 Å². The lowest BCUT2D eigenvalue weighted by atomic mass is 10.0. The van der Waals surface area contributed by atoms with Crippen LogP contribution in [0.1, 0.15) is 25.3 Å². The van der Waals surface area contributed by atoms with Crippen LogP contribution in [0.25, 0.3) is 0 Å². The highest BCUT2D eigenvalue weighted by Crippen LogP contribution is 2.42. The van der Waals surface area contributed by atoms with Gasteiger partial charge in [0, 0.05) is 18.8 Å². The number of ether oxygens (including phenoxy) is 2. The van der Waals surface area contributed by atoms with Gasteiger partial charge in [-0.1, -0.05) is 11.6 Å². The van der Waals surface area contributed by atoms with E-state index in [1.807, 2.05) is 6.08 Å². The number of phenols is 2. The van der Waals surface area contributed by atoms with Gasteiger partial charge in [0.2, 0.25) is 0 Å². The lowest BCUT2D eigenvalue weighted by molar-refractivity contribution is -0.193. The lowest BCUT2D eigenvalue weighted by Gasteiger charge is -2.25. The second-order valence-electron chi connectivity index (χ2n) is 5.38. The Balaban J connectivity index is 2.30. The number of aliphatic hydroxyl groups excluding tert-OH is 1. The van der Waals surface area contributed by atoms with Crippen LogP contribution in [0, 0.1) is 0 Å².